The van der Waals surface area contributed by atoms with Crippen LogP contribution in [0.1, 0.15) is 5.69 Å². The van der Waals surface area contributed by atoms with Gasteiger partial charge in [-0.3, -0.25) is 0 Å². The molecule has 1 aromatic carbocycles. The molecule has 17 heavy (non-hydrogen) atoms. The number of halogens is 6. The van der Waals surface area contributed by atoms with Crippen molar-refractivity contribution < 1.29 is 0 Å². The second kappa shape index (κ2) is 4.80. The lowest BCUT2D eigenvalue weighted by Crippen LogP contribution is -2.03. The number of alkyl halides is 3. The van der Waals surface area contributed by atoms with E-state index in [9.17, 15) is 0 Å². The van der Waals surface area contributed by atoms with Gasteiger partial charge < -0.3 is 0 Å². The lowest BCUT2D eigenvalue weighted by Gasteiger charge is -2.12. The number of aromatic nitrogens is 1. The third-order valence-corrected chi connectivity index (χ3v) is 3.46. The summed E-state index contributed by atoms with van der Waals surface area (Å²) in [6.45, 7) is 0. The van der Waals surface area contributed by atoms with Crippen LogP contribution in [0.15, 0.2) is 18.2 Å². The molecule has 7 heteroatoms. The predicted octanol–water partition coefficient (Wildman–Crippen LogP) is 6.02. The van der Waals surface area contributed by atoms with Crippen LogP contribution < -0.4 is 0 Å². The van der Waals surface area contributed by atoms with Crippen LogP contribution in [0.25, 0.3) is 10.9 Å². The molecular weight excluding hydrogens is 347 g/mol. The zero-order chi connectivity index (χ0) is 12.8. The van der Waals surface area contributed by atoms with Crippen molar-refractivity contribution in [2.45, 2.75) is 3.79 Å². The molecule has 1 nitrogen and oxygen atoms in total. The Balaban J connectivity index is 2.82. The lowest BCUT2D eigenvalue weighted by molar-refractivity contribution is 1.12. The van der Waals surface area contributed by atoms with E-state index in [0.717, 1.165) is 0 Å². The number of hydrogen-bond donors (Lipinski definition) is 0. The highest BCUT2D eigenvalue weighted by Gasteiger charge is 2.26. The van der Waals surface area contributed by atoms with Crippen molar-refractivity contribution >= 4 is 80.5 Å². The zero-order valence-electron chi connectivity index (χ0n) is 7.95. The van der Waals surface area contributed by atoms with Gasteiger partial charge in [-0.1, -0.05) is 69.6 Å². The average Bonchev–Trinajstić information content (AvgIpc) is 2.13. The lowest BCUT2D eigenvalue weighted by atomic mass is 10.2. The van der Waals surface area contributed by atoms with Gasteiger partial charge in [0.15, 0.2) is 0 Å². The Morgan fingerprint density at radius 2 is 1.47 bits per heavy atom. The van der Waals surface area contributed by atoms with Crippen LogP contribution in [-0.4, -0.2) is 4.98 Å². The number of rotatable bonds is 0. The summed E-state index contributed by atoms with van der Waals surface area (Å²) in [4.78, 5) is 4.18. The van der Waals surface area contributed by atoms with E-state index in [2.05, 4.69) is 4.98 Å². The van der Waals surface area contributed by atoms with Gasteiger partial charge in [-0.05, 0) is 18.2 Å². The van der Waals surface area contributed by atoms with Gasteiger partial charge in [-0.15, -0.1) is 0 Å². The van der Waals surface area contributed by atoms with Gasteiger partial charge in [0, 0.05) is 10.4 Å². The number of pyridine rings is 1. The molecule has 0 atom stereocenters. The molecule has 0 saturated heterocycles. The van der Waals surface area contributed by atoms with Crippen molar-refractivity contribution in [3.63, 3.8) is 0 Å². The smallest absolute Gasteiger partial charge is 0.232 e. The summed E-state index contributed by atoms with van der Waals surface area (Å²) < 4.78 is -1.65. The fourth-order valence-corrected chi connectivity index (χ4v) is 2.61. The summed E-state index contributed by atoms with van der Waals surface area (Å²) in [7, 11) is 0. The standard InChI is InChI=1S/C10H3Cl6N/c11-4-1-5(12)9-6(13)3-8(10(14,15)16)17-7(9)2-4/h1-3H. The van der Waals surface area contributed by atoms with E-state index in [1.165, 1.54) is 6.07 Å². The molecule has 0 aliphatic carbocycles. The quantitative estimate of drug-likeness (QED) is 0.530. The van der Waals surface area contributed by atoms with Gasteiger partial charge in [0.25, 0.3) is 0 Å². The van der Waals surface area contributed by atoms with Crippen LogP contribution in [0.3, 0.4) is 0 Å². The monoisotopic (exact) mass is 347 g/mol. The van der Waals surface area contributed by atoms with E-state index in [1.54, 1.807) is 12.1 Å². The van der Waals surface area contributed by atoms with E-state index < -0.39 is 3.79 Å². The maximum atomic E-state index is 6.08. The molecule has 0 amide bonds. The fraction of sp³-hybridized carbons (Fsp3) is 0.100. The normalized spacial score (nSPS) is 12.1. The predicted molar refractivity (Wildman–Crippen MR) is 76.0 cm³/mol. The molecule has 0 unspecified atom stereocenters. The number of nitrogens with zero attached hydrogens (tertiary/aromatic N) is 1. The minimum atomic E-state index is -1.65. The van der Waals surface area contributed by atoms with Crippen LogP contribution in [0.5, 0.6) is 0 Å². The Morgan fingerprint density at radius 1 is 0.882 bits per heavy atom. The van der Waals surface area contributed by atoms with Crippen molar-refractivity contribution in [1.29, 1.82) is 0 Å². The van der Waals surface area contributed by atoms with Crippen molar-refractivity contribution in [3.05, 3.63) is 39.0 Å². The highest BCUT2D eigenvalue weighted by atomic mass is 35.6. The maximum absolute atomic E-state index is 6.08. The first-order valence-corrected chi connectivity index (χ1v) is 6.58. The van der Waals surface area contributed by atoms with Crippen LogP contribution in [-0.2, 0) is 3.79 Å². The van der Waals surface area contributed by atoms with E-state index in [1.807, 2.05) is 0 Å². The largest absolute Gasteiger partial charge is 0.248 e. The van der Waals surface area contributed by atoms with E-state index in [4.69, 9.17) is 69.6 Å². The molecule has 1 heterocycles. The van der Waals surface area contributed by atoms with E-state index >= 15 is 0 Å². The first-order valence-electron chi connectivity index (χ1n) is 4.31. The summed E-state index contributed by atoms with van der Waals surface area (Å²) in [6, 6.07) is 4.65. The van der Waals surface area contributed by atoms with Gasteiger partial charge in [-0.25, -0.2) is 4.98 Å². The molecule has 0 saturated carbocycles. The van der Waals surface area contributed by atoms with Crippen molar-refractivity contribution in [1.82, 2.24) is 4.98 Å². The van der Waals surface area contributed by atoms with Gasteiger partial charge in [-0.2, -0.15) is 0 Å². The third-order valence-electron chi connectivity index (χ3n) is 2.07. The molecule has 0 radical (unpaired) electrons. The molecule has 0 fully saturated rings. The van der Waals surface area contributed by atoms with Crippen molar-refractivity contribution in [2.75, 3.05) is 0 Å². The minimum absolute atomic E-state index is 0.221. The van der Waals surface area contributed by atoms with Gasteiger partial charge in [0.1, 0.15) is 0 Å². The fourth-order valence-electron chi connectivity index (χ4n) is 1.38. The Morgan fingerprint density at radius 3 is 2.06 bits per heavy atom. The highest BCUT2D eigenvalue weighted by molar-refractivity contribution is 6.66. The summed E-state index contributed by atoms with van der Waals surface area (Å²) in [5, 5.41) is 1.78. The number of fused-ring (bicyclic) bond motifs is 1. The summed E-state index contributed by atoms with van der Waals surface area (Å²) >= 11 is 35.2. The van der Waals surface area contributed by atoms with Crippen LogP contribution >= 0.6 is 69.6 Å². The molecule has 90 valence electrons. The van der Waals surface area contributed by atoms with E-state index in [0.29, 0.717) is 26.0 Å². The first-order chi connectivity index (χ1) is 7.79. The van der Waals surface area contributed by atoms with Crippen molar-refractivity contribution in [2.24, 2.45) is 0 Å². The Hall–Kier alpha value is 0.370. The molecule has 2 aromatic rings. The molecule has 0 aliphatic heterocycles. The number of hydrogen-bond acceptors (Lipinski definition) is 1. The van der Waals surface area contributed by atoms with Gasteiger partial charge in [0.05, 0.1) is 21.3 Å². The molecule has 0 bridgehead atoms. The Bertz CT molecular complexity index is 589. The highest BCUT2D eigenvalue weighted by Crippen LogP contribution is 2.41. The van der Waals surface area contributed by atoms with Crippen LogP contribution in [0, 0.1) is 0 Å². The van der Waals surface area contributed by atoms with Gasteiger partial charge >= 0.3 is 0 Å². The van der Waals surface area contributed by atoms with Crippen LogP contribution in [0.2, 0.25) is 15.1 Å². The second-order valence-corrected chi connectivity index (χ2v) is 6.80. The van der Waals surface area contributed by atoms with Crippen LogP contribution in [0.4, 0.5) is 0 Å². The molecule has 2 rings (SSSR count). The minimum Gasteiger partial charge on any atom is -0.248 e. The zero-order valence-corrected chi connectivity index (χ0v) is 12.5. The maximum Gasteiger partial charge on any atom is 0.232 e. The summed E-state index contributed by atoms with van der Waals surface area (Å²) in [5.74, 6) is 0. The molecule has 0 N–H and O–H groups in total. The number of benzene rings is 1. The molecule has 0 spiro atoms. The summed E-state index contributed by atoms with van der Waals surface area (Å²) in [5.41, 5.74) is 0.703. The van der Waals surface area contributed by atoms with Crippen molar-refractivity contribution in [3.8, 4) is 0 Å². The van der Waals surface area contributed by atoms with Gasteiger partial charge in [0.2, 0.25) is 3.79 Å². The third kappa shape index (κ3) is 2.86. The summed E-state index contributed by atoms with van der Waals surface area (Å²) in [6.07, 6.45) is 0. The Labute approximate surface area is 128 Å². The Kier molecular flexibility index (Phi) is 3.90. The second-order valence-electron chi connectivity index (χ2n) is 3.27. The molecule has 1 aromatic heterocycles. The average molecular weight is 350 g/mol. The molecule has 0 aliphatic rings. The topological polar surface area (TPSA) is 12.9 Å². The van der Waals surface area contributed by atoms with E-state index in [-0.39, 0.29) is 5.69 Å². The molecular formula is C10H3Cl6N. The SMILES string of the molecule is Clc1cc(Cl)c2c(Cl)cc(C(Cl)(Cl)Cl)nc2c1. The first kappa shape index (κ1) is 13.8.